The molecule has 1 atom stereocenters. The molecule has 2 aromatic carbocycles. The molecule has 0 unspecified atom stereocenters. The first-order valence-corrected chi connectivity index (χ1v) is 9.63. The Balaban J connectivity index is 2.15. The highest BCUT2D eigenvalue weighted by Crippen LogP contribution is 2.21. The summed E-state index contributed by atoms with van der Waals surface area (Å²) in [5.41, 5.74) is 1.54. The number of hydrogen-bond donors (Lipinski definition) is 2. The number of benzene rings is 2. The highest BCUT2D eigenvalue weighted by Gasteiger charge is 2.13. The first-order valence-electron chi connectivity index (χ1n) is 6.99. The number of carbonyl (C=O) groups is 1. The number of halogens is 2. The highest BCUT2D eigenvalue weighted by molar-refractivity contribution is 7.92. The van der Waals surface area contributed by atoms with Gasteiger partial charge in [-0.05, 0) is 42.8 Å². The number of rotatable bonds is 5. The minimum Gasteiger partial charge on any atom is -0.346 e. The third kappa shape index (κ3) is 5.40. The molecule has 2 aromatic rings. The van der Waals surface area contributed by atoms with E-state index in [-0.39, 0.29) is 11.9 Å². The van der Waals surface area contributed by atoms with Gasteiger partial charge in [-0.15, -0.1) is 0 Å². The van der Waals surface area contributed by atoms with Crippen molar-refractivity contribution in [2.24, 2.45) is 0 Å². The van der Waals surface area contributed by atoms with Gasteiger partial charge in [-0.3, -0.25) is 9.52 Å². The van der Waals surface area contributed by atoms with Crippen molar-refractivity contribution in [2.45, 2.75) is 13.0 Å². The van der Waals surface area contributed by atoms with Crippen LogP contribution in [0.5, 0.6) is 0 Å². The molecule has 0 aliphatic carbocycles. The summed E-state index contributed by atoms with van der Waals surface area (Å²) in [4.78, 5) is 12.3. The van der Waals surface area contributed by atoms with E-state index in [4.69, 9.17) is 23.2 Å². The van der Waals surface area contributed by atoms with Gasteiger partial charge in [-0.25, -0.2) is 8.42 Å². The zero-order valence-corrected chi connectivity index (χ0v) is 15.3. The van der Waals surface area contributed by atoms with Crippen molar-refractivity contribution < 1.29 is 13.2 Å². The summed E-state index contributed by atoms with van der Waals surface area (Å²) in [5, 5.41) is 3.57. The van der Waals surface area contributed by atoms with Gasteiger partial charge in [0, 0.05) is 21.3 Å². The predicted molar refractivity (Wildman–Crippen MR) is 97.3 cm³/mol. The molecule has 0 aliphatic rings. The van der Waals surface area contributed by atoms with E-state index in [0.29, 0.717) is 21.3 Å². The molecule has 0 saturated carbocycles. The van der Waals surface area contributed by atoms with E-state index in [1.807, 2.05) is 0 Å². The van der Waals surface area contributed by atoms with Crippen LogP contribution in [0.25, 0.3) is 0 Å². The molecule has 0 fully saturated rings. The Labute approximate surface area is 151 Å². The van der Waals surface area contributed by atoms with Crippen LogP contribution in [0, 0.1) is 0 Å². The van der Waals surface area contributed by atoms with Crippen molar-refractivity contribution in [3.8, 4) is 0 Å². The summed E-state index contributed by atoms with van der Waals surface area (Å²) >= 11 is 11.8. The number of sulfonamides is 1. The molecule has 24 heavy (non-hydrogen) atoms. The second kappa shape index (κ2) is 7.42. The van der Waals surface area contributed by atoms with E-state index in [0.717, 1.165) is 11.8 Å². The quantitative estimate of drug-likeness (QED) is 0.818. The third-order valence-corrected chi connectivity index (χ3v) is 4.21. The second-order valence-corrected chi connectivity index (χ2v) is 7.97. The Morgan fingerprint density at radius 2 is 1.71 bits per heavy atom. The number of amides is 1. The van der Waals surface area contributed by atoms with Gasteiger partial charge in [-0.2, -0.15) is 0 Å². The Morgan fingerprint density at radius 3 is 2.29 bits per heavy atom. The van der Waals surface area contributed by atoms with Gasteiger partial charge in [0.05, 0.1) is 12.3 Å². The highest BCUT2D eigenvalue weighted by atomic mass is 35.5. The van der Waals surface area contributed by atoms with E-state index < -0.39 is 10.0 Å². The SMILES string of the molecule is C[C@H](NC(=O)c1cc(Cl)cc(Cl)c1)c1cccc(NS(C)(=O)=O)c1. The molecular formula is C16H16Cl2N2O3S. The van der Waals surface area contributed by atoms with Crippen LogP contribution in [-0.4, -0.2) is 20.6 Å². The fraction of sp³-hybridized carbons (Fsp3) is 0.188. The first-order chi connectivity index (χ1) is 11.1. The molecule has 2 N–H and O–H groups in total. The monoisotopic (exact) mass is 386 g/mol. The molecule has 0 heterocycles. The largest absolute Gasteiger partial charge is 0.346 e. The summed E-state index contributed by atoms with van der Waals surface area (Å²) in [6, 6.07) is 11.1. The summed E-state index contributed by atoms with van der Waals surface area (Å²) in [6.07, 6.45) is 1.08. The molecule has 0 saturated heterocycles. The molecule has 0 bridgehead atoms. The van der Waals surface area contributed by atoms with Gasteiger partial charge in [-0.1, -0.05) is 35.3 Å². The minimum atomic E-state index is -3.36. The fourth-order valence-corrected chi connectivity index (χ4v) is 3.21. The zero-order valence-electron chi connectivity index (χ0n) is 13.0. The van der Waals surface area contributed by atoms with Crippen molar-refractivity contribution >= 4 is 44.8 Å². The van der Waals surface area contributed by atoms with Gasteiger partial charge in [0.1, 0.15) is 0 Å². The van der Waals surface area contributed by atoms with E-state index in [9.17, 15) is 13.2 Å². The van der Waals surface area contributed by atoms with Gasteiger partial charge in [0.2, 0.25) is 10.0 Å². The minimum absolute atomic E-state index is 0.326. The van der Waals surface area contributed by atoms with E-state index in [1.54, 1.807) is 37.3 Å². The summed E-state index contributed by atoms with van der Waals surface area (Å²) in [6.45, 7) is 1.80. The maximum atomic E-state index is 12.3. The van der Waals surface area contributed by atoms with Crippen LogP contribution in [-0.2, 0) is 10.0 Å². The van der Waals surface area contributed by atoms with Gasteiger partial charge >= 0.3 is 0 Å². The topological polar surface area (TPSA) is 75.3 Å². The van der Waals surface area contributed by atoms with Crippen molar-refractivity contribution in [2.75, 3.05) is 11.0 Å². The lowest BCUT2D eigenvalue weighted by Crippen LogP contribution is -2.26. The average Bonchev–Trinajstić information content (AvgIpc) is 2.44. The number of carbonyl (C=O) groups excluding carboxylic acids is 1. The standard InChI is InChI=1S/C16H16Cl2N2O3S/c1-10(11-4-3-5-15(8-11)20-24(2,22)23)19-16(21)12-6-13(17)9-14(18)7-12/h3-10,20H,1-2H3,(H,19,21)/t10-/m0/s1. The van der Waals surface area contributed by atoms with Crippen molar-refractivity contribution in [1.29, 1.82) is 0 Å². The number of anilines is 1. The third-order valence-electron chi connectivity index (χ3n) is 3.16. The van der Waals surface area contributed by atoms with Gasteiger partial charge < -0.3 is 5.32 Å². The summed E-state index contributed by atoms with van der Waals surface area (Å²) < 4.78 is 25.0. The molecule has 0 radical (unpaired) electrons. The molecular weight excluding hydrogens is 371 g/mol. The normalized spacial score (nSPS) is 12.5. The Hall–Kier alpha value is -1.76. The van der Waals surface area contributed by atoms with Crippen LogP contribution in [0.1, 0.15) is 28.9 Å². The lowest BCUT2D eigenvalue weighted by atomic mass is 10.1. The maximum absolute atomic E-state index is 12.3. The molecule has 1 amide bonds. The maximum Gasteiger partial charge on any atom is 0.251 e. The van der Waals surface area contributed by atoms with E-state index in [2.05, 4.69) is 10.0 Å². The van der Waals surface area contributed by atoms with Crippen LogP contribution in [0.15, 0.2) is 42.5 Å². The molecule has 128 valence electrons. The van der Waals surface area contributed by atoms with Crippen LogP contribution in [0.3, 0.4) is 0 Å². The Kier molecular flexibility index (Phi) is 5.74. The van der Waals surface area contributed by atoms with Gasteiger partial charge in [0.25, 0.3) is 5.91 Å². The van der Waals surface area contributed by atoms with Crippen LogP contribution < -0.4 is 10.0 Å². The average molecular weight is 387 g/mol. The molecule has 2 rings (SSSR count). The smallest absolute Gasteiger partial charge is 0.251 e. The number of hydrogen-bond acceptors (Lipinski definition) is 3. The molecule has 8 heteroatoms. The Morgan fingerprint density at radius 1 is 1.08 bits per heavy atom. The second-order valence-electron chi connectivity index (χ2n) is 5.35. The first kappa shape index (κ1) is 18.6. The zero-order chi connectivity index (χ0) is 17.9. The van der Waals surface area contributed by atoms with Gasteiger partial charge in [0.15, 0.2) is 0 Å². The number of nitrogens with one attached hydrogen (secondary N) is 2. The predicted octanol–water partition coefficient (Wildman–Crippen LogP) is 3.86. The lowest BCUT2D eigenvalue weighted by Gasteiger charge is -2.16. The summed E-state index contributed by atoms with van der Waals surface area (Å²) in [5.74, 6) is -0.326. The van der Waals surface area contributed by atoms with E-state index >= 15 is 0 Å². The van der Waals surface area contributed by atoms with E-state index in [1.165, 1.54) is 12.1 Å². The van der Waals surface area contributed by atoms with Crippen molar-refractivity contribution in [3.05, 3.63) is 63.6 Å². The van der Waals surface area contributed by atoms with Crippen LogP contribution in [0.2, 0.25) is 10.0 Å². The fourth-order valence-electron chi connectivity index (χ4n) is 2.13. The molecule has 0 spiro atoms. The molecule has 5 nitrogen and oxygen atoms in total. The van der Waals surface area contributed by atoms with Crippen LogP contribution >= 0.6 is 23.2 Å². The van der Waals surface area contributed by atoms with Crippen molar-refractivity contribution in [3.63, 3.8) is 0 Å². The lowest BCUT2D eigenvalue weighted by molar-refractivity contribution is 0.0940. The molecule has 0 aliphatic heterocycles. The molecule has 0 aromatic heterocycles. The van der Waals surface area contributed by atoms with Crippen molar-refractivity contribution in [1.82, 2.24) is 5.32 Å². The summed E-state index contributed by atoms with van der Waals surface area (Å²) in [7, 11) is -3.36. The van der Waals surface area contributed by atoms with Crippen LogP contribution in [0.4, 0.5) is 5.69 Å². The Bertz CT molecular complexity index is 849.